The van der Waals surface area contributed by atoms with Crippen LogP contribution in [0, 0.1) is 11.3 Å². The van der Waals surface area contributed by atoms with Crippen LogP contribution in [0.2, 0.25) is 5.15 Å². The van der Waals surface area contributed by atoms with Gasteiger partial charge in [0, 0.05) is 23.4 Å². The Bertz CT molecular complexity index is 2130. The van der Waals surface area contributed by atoms with E-state index < -0.39 is 29.7 Å². The lowest BCUT2D eigenvalue weighted by atomic mass is 9.85. The molecular formula is C41H49ClN8O6S. The summed E-state index contributed by atoms with van der Waals surface area (Å²) in [6.45, 7) is 7.98. The van der Waals surface area contributed by atoms with Gasteiger partial charge >= 0.3 is 12.2 Å². The molecule has 302 valence electrons. The van der Waals surface area contributed by atoms with Gasteiger partial charge in [0.05, 0.1) is 38.2 Å². The Morgan fingerprint density at radius 3 is 2.07 bits per heavy atom. The Hall–Kier alpha value is -5.02. The fraction of sp³-hybridized carbons (Fsp3) is 0.463. The molecule has 1 saturated carbocycles. The minimum atomic E-state index is -0.767. The van der Waals surface area contributed by atoms with Crippen LogP contribution in [0.3, 0.4) is 0 Å². The molecule has 4 amide bonds. The number of hydrogen-bond acceptors (Lipinski definition) is 9. The summed E-state index contributed by atoms with van der Waals surface area (Å²) in [5.74, 6) is 1.38. The highest BCUT2D eigenvalue weighted by atomic mass is 35.5. The van der Waals surface area contributed by atoms with Crippen LogP contribution >= 0.6 is 23.4 Å². The number of amides is 4. The Kier molecular flexibility index (Phi) is 11.3. The fourth-order valence-electron chi connectivity index (χ4n) is 8.04. The Morgan fingerprint density at radius 1 is 0.842 bits per heavy atom. The van der Waals surface area contributed by atoms with E-state index in [-0.39, 0.29) is 35.2 Å². The van der Waals surface area contributed by atoms with Crippen molar-refractivity contribution in [2.45, 2.75) is 82.4 Å². The van der Waals surface area contributed by atoms with Gasteiger partial charge in [-0.15, -0.1) is 0 Å². The van der Waals surface area contributed by atoms with Gasteiger partial charge in [-0.25, -0.2) is 19.6 Å². The molecule has 14 nitrogen and oxygen atoms in total. The minimum absolute atomic E-state index is 0.105. The van der Waals surface area contributed by atoms with Crippen LogP contribution in [-0.2, 0) is 19.1 Å². The van der Waals surface area contributed by atoms with Crippen LogP contribution < -0.4 is 10.6 Å². The van der Waals surface area contributed by atoms with E-state index in [1.807, 2.05) is 68.3 Å². The van der Waals surface area contributed by atoms with Crippen molar-refractivity contribution in [1.82, 2.24) is 40.4 Å². The predicted molar refractivity (Wildman–Crippen MR) is 218 cm³/mol. The lowest BCUT2D eigenvalue weighted by Gasteiger charge is -2.36. The molecule has 3 aliphatic rings. The third-order valence-electron chi connectivity index (χ3n) is 11.3. The van der Waals surface area contributed by atoms with E-state index in [4.69, 9.17) is 21.3 Å². The van der Waals surface area contributed by atoms with Crippen LogP contribution in [0.1, 0.15) is 70.7 Å². The van der Waals surface area contributed by atoms with Crippen molar-refractivity contribution >= 4 is 47.4 Å². The van der Waals surface area contributed by atoms with Crippen molar-refractivity contribution in [2.24, 2.45) is 11.3 Å². The number of ether oxygens (including phenoxy) is 2. The SMILES string of the molecule is COC(=O)N[C@@H](C)C(=O)N1C[C@@H](SC)C[C@H]1c1ncc(-c2ccc(-c3ccc(-c4nc([C@@H]5C[C@H]6C[C@H]6N5C(=O)[C@@H](NC(=O)OC)C(C)(C)C)[nH]c4Cl)cc3)cc2)[nH]1. The highest BCUT2D eigenvalue weighted by Gasteiger charge is 2.57. The van der Waals surface area contributed by atoms with Gasteiger partial charge in [-0.05, 0) is 60.5 Å². The number of nitrogens with one attached hydrogen (secondary N) is 4. The molecule has 4 heterocycles. The normalized spacial score (nSPS) is 22.4. The molecule has 4 N–H and O–H groups in total. The summed E-state index contributed by atoms with van der Waals surface area (Å²) in [6.07, 6.45) is 4.99. The average molecular weight is 817 g/mol. The molecule has 2 aromatic carbocycles. The minimum Gasteiger partial charge on any atom is -0.453 e. The second kappa shape index (κ2) is 16.1. The largest absolute Gasteiger partial charge is 0.453 e. The van der Waals surface area contributed by atoms with Crippen LogP contribution in [0.25, 0.3) is 33.6 Å². The van der Waals surface area contributed by atoms with Gasteiger partial charge in [-0.3, -0.25) is 9.59 Å². The van der Waals surface area contributed by atoms with Crippen LogP contribution in [-0.4, -0.2) is 104 Å². The van der Waals surface area contributed by atoms with Crippen molar-refractivity contribution in [2.75, 3.05) is 27.0 Å². The predicted octanol–water partition coefficient (Wildman–Crippen LogP) is 6.97. The fourth-order valence-corrected chi connectivity index (χ4v) is 8.98. The quantitative estimate of drug-likeness (QED) is 0.132. The summed E-state index contributed by atoms with van der Waals surface area (Å²) < 4.78 is 9.51. The molecule has 1 aliphatic carbocycles. The molecule has 7 rings (SSSR count). The van der Waals surface area contributed by atoms with Crippen LogP contribution in [0.5, 0.6) is 0 Å². The number of H-pyrrole nitrogens is 2. The second-order valence-electron chi connectivity index (χ2n) is 16.1. The number of hydrogen-bond donors (Lipinski definition) is 4. The summed E-state index contributed by atoms with van der Waals surface area (Å²) in [5, 5.41) is 5.98. The number of piperidine rings is 1. The summed E-state index contributed by atoms with van der Waals surface area (Å²) >= 11 is 8.47. The van der Waals surface area contributed by atoms with Crippen molar-refractivity contribution in [3.63, 3.8) is 0 Å². The molecule has 3 fully saturated rings. The Labute approximate surface area is 341 Å². The molecular weight excluding hydrogens is 768 g/mol. The van der Waals surface area contributed by atoms with E-state index in [1.54, 1.807) is 29.8 Å². The number of aromatic amines is 2. The first kappa shape index (κ1) is 40.2. The summed E-state index contributed by atoms with van der Waals surface area (Å²) in [5.41, 5.74) is 4.74. The third-order valence-corrected chi connectivity index (χ3v) is 12.6. The molecule has 2 saturated heterocycles. The summed E-state index contributed by atoms with van der Waals surface area (Å²) in [6, 6.07) is 14.3. The highest BCUT2D eigenvalue weighted by Crippen LogP contribution is 2.54. The lowest BCUT2D eigenvalue weighted by molar-refractivity contribution is -0.138. The van der Waals surface area contributed by atoms with Gasteiger partial charge in [0.15, 0.2) is 0 Å². The molecule has 57 heavy (non-hydrogen) atoms. The van der Waals surface area contributed by atoms with Gasteiger partial charge in [0.2, 0.25) is 11.8 Å². The van der Waals surface area contributed by atoms with E-state index in [9.17, 15) is 19.2 Å². The summed E-state index contributed by atoms with van der Waals surface area (Å²) in [4.78, 5) is 71.3. The second-order valence-corrected chi connectivity index (χ2v) is 17.6. The molecule has 4 aromatic rings. The molecule has 2 aliphatic heterocycles. The number of methoxy groups -OCH3 is 2. The number of halogens is 1. The molecule has 16 heteroatoms. The van der Waals surface area contributed by atoms with Crippen molar-refractivity contribution in [1.29, 1.82) is 0 Å². The number of fused-ring (bicyclic) bond motifs is 1. The number of nitrogens with zero attached hydrogens (tertiary/aromatic N) is 4. The zero-order valence-electron chi connectivity index (χ0n) is 33.1. The van der Waals surface area contributed by atoms with Gasteiger partial charge in [-0.1, -0.05) is 80.9 Å². The number of carbonyl (C=O) groups is 4. The number of rotatable bonds is 10. The molecule has 0 unspecified atom stereocenters. The Morgan fingerprint density at radius 2 is 1.46 bits per heavy atom. The number of imidazole rings is 2. The van der Waals surface area contributed by atoms with Gasteiger partial charge in [0.1, 0.15) is 34.6 Å². The standard InChI is InChI=1S/C41H49ClN8O6S/c1-21(44-39(53)55-5)37(51)49-20-27(57-7)18-30(49)35-43-19-28(45-35)24-12-8-22(9-13-24)23-10-14-25(15-11-23)32-34(42)48-36(46-32)31-17-26-16-29(26)50(31)38(52)33(41(2,3)4)47-40(54)56-6/h8-15,19,21,26-27,29-31,33H,16-18,20H2,1-7H3,(H,43,45)(H,44,53)(H,46,48)(H,47,54)/t21-,26+,27-,29+,30-,31-,33+/m0/s1. The number of alkyl carbamates (subject to hydrolysis) is 2. The first-order valence-electron chi connectivity index (χ1n) is 19.1. The highest BCUT2D eigenvalue weighted by molar-refractivity contribution is 7.99. The molecule has 7 atom stereocenters. The topological polar surface area (TPSA) is 175 Å². The van der Waals surface area contributed by atoms with Gasteiger partial charge in [0.25, 0.3) is 0 Å². The lowest BCUT2D eigenvalue weighted by Crippen LogP contribution is -2.55. The maximum atomic E-state index is 14.0. The van der Waals surface area contributed by atoms with E-state index >= 15 is 0 Å². The number of thioether (sulfide) groups is 1. The monoisotopic (exact) mass is 816 g/mol. The first-order valence-corrected chi connectivity index (χ1v) is 20.7. The van der Waals surface area contributed by atoms with E-state index in [2.05, 4.69) is 42.5 Å². The number of likely N-dealkylation sites (tertiary alicyclic amines) is 2. The maximum Gasteiger partial charge on any atom is 0.407 e. The molecule has 0 radical (unpaired) electrons. The summed E-state index contributed by atoms with van der Waals surface area (Å²) in [7, 11) is 2.56. The number of benzene rings is 2. The maximum absolute atomic E-state index is 14.0. The number of carbonyl (C=O) groups excluding carboxylic acids is 4. The first-order chi connectivity index (χ1) is 27.2. The van der Waals surface area contributed by atoms with Gasteiger partial charge < -0.3 is 39.9 Å². The number of aromatic nitrogens is 4. The van der Waals surface area contributed by atoms with Crippen molar-refractivity contribution < 1.29 is 28.7 Å². The molecule has 2 aromatic heterocycles. The zero-order valence-corrected chi connectivity index (χ0v) is 34.7. The van der Waals surface area contributed by atoms with Crippen LogP contribution in [0.15, 0.2) is 54.7 Å². The molecule has 0 spiro atoms. The third kappa shape index (κ3) is 8.22. The van der Waals surface area contributed by atoms with Crippen molar-refractivity contribution in [3.05, 3.63) is 71.5 Å². The average Bonchev–Trinajstić information content (AvgIpc) is 3.64. The zero-order chi connectivity index (χ0) is 40.8. The Balaban J connectivity index is 1.04. The van der Waals surface area contributed by atoms with Crippen LogP contribution in [0.4, 0.5) is 9.59 Å². The van der Waals surface area contributed by atoms with E-state index in [0.717, 1.165) is 47.2 Å². The van der Waals surface area contributed by atoms with Gasteiger partial charge in [-0.2, -0.15) is 11.8 Å². The van der Waals surface area contributed by atoms with Crippen molar-refractivity contribution in [3.8, 4) is 33.6 Å². The molecule has 0 bridgehead atoms. The van der Waals surface area contributed by atoms with E-state index in [0.29, 0.717) is 35.0 Å². The van der Waals surface area contributed by atoms with E-state index in [1.165, 1.54) is 14.2 Å². The smallest absolute Gasteiger partial charge is 0.407 e.